The molecule has 1 amide bonds. The molecule has 282 valence electrons. The highest BCUT2D eigenvalue weighted by molar-refractivity contribution is 7.96. The van der Waals surface area contributed by atoms with E-state index < -0.39 is 39.2 Å². The minimum Gasteiger partial charge on any atom is -0.497 e. The Balaban J connectivity index is 1.64. The van der Waals surface area contributed by atoms with E-state index in [0.29, 0.717) is 12.4 Å². The number of benzene rings is 4. The first-order valence-electron chi connectivity index (χ1n) is 18.6. The van der Waals surface area contributed by atoms with Crippen LogP contribution in [0.1, 0.15) is 39.7 Å². The van der Waals surface area contributed by atoms with Gasteiger partial charge in [0.15, 0.2) is 8.32 Å². The van der Waals surface area contributed by atoms with Crippen LogP contribution in [0.5, 0.6) is 5.75 Å². The van der Waals surface area contributed by atoms with Crippen LogP contribution in [-0.4, -0.2) is 62.5 Å². The van der Waals surface area contributed by atoms with Gasteiger partial charge in [-0.25, -0.2) is 4.79 Å². The molecule has 0 spiro atoms. The molecular formula is C44H51N2O6PSi. The van der Waals surface area contributed by atoms with Crippen molar-refractivity contribution >= 4 is 48.4 Å². The van der Waals surface area contributed by atoms with Crippen molar-refractivity contribution in [1.82, 2.24) is 4.90 Å². The average Bonchev–Trinajstić information content (AvgIpc) is 4.02. The minimum atomic E-state index is -3.17. The third-order valence-electron chi connectivity index (χ3n) is 11.3. The molecule has 0 unspecified atom stereocenters. The maximum absolute atomic E-state index is 15.4. The Morgan fingerprint density at radius 1 is 0.907 bits per heavy atom. The number of β-lactam (4-membered cyclic amide) rings is 1. The molecule has 6 rings (SSSR count). The fourth-order valence-corrected chi connectivity index (χ4v) is 13.2. The maximum atomic E-state index is 15.4. The minimum absolute atomic E-state index is 0.0148. The highest BCUT2D eigenvalue weighted by atomic mass is 31.2. The zero-order chi connectivity index (χ0) is 38.7. The Hall–Kier alpha value is -4.45. The lowest BCUT2D eigenvalue weighted by Crippen LogP contribution is -2.71. The molecule has 54 heavy (non-hydrogen) atoms. The monoisotopic (exact) mass is 762 g/mol. The van der Waals surface area contributed by atoms with Crippen molar-refractivity contribution in [3.63, 3.8) is 0 Å². The average molecular weight is 763 g/mol. The molecule has 0 N–H and O–H groups in total. The summed E-state index contributed by atoms with van der Waals surface area (Å²) in [5, 5.41) is 12.8. The topological polar surface area (TPSA) is 101 Å². The maximum Gasteiger partial charge on any atom is 0.356 e. The molecule has 4 aromatic carbocycles. The van der Waals surface area contributed by atoms with Crippen LogP contribution in [0.25, 0.3) is 0 Å². The van der Waals surface area contributed by atoms with Gasteiger partial charge in [-0.1, -0.05) is 124 Å². The zero-order valence-corrected chi connectivity index (χ0v) is 34.2. The van der Waals surface area contributed by atoms with Crippen molar-refractivity contribution in [2.75, 3.05) is 13.7 Å². The summed E-state index contributed by atoms with van der Waals surface area (Å²) in [7, 11) is -0.722. The number of nitriles is 1. The number of hydrogen-bond donors (Lipinski definition) is 0. The summed E-state index contributed by atoms with van der Waals surface area (Å²) in [5.74, 6) is -1.05. The summed E-state index contributed by atoms with van der Waals surface area (Å²) < 4.78 is 24.5. The first-order chi connectivity index (χ1) is 25.8. The van der Waals surface area contributed by atoms with Gasteiger partial charge >= 0.3 is 5.97 Å². The molecule has 2 aliphatic heterocycles. The smallest absolute Gasteiger partial charge is 0.356 e. The number of hydrogen-bond acceptors (Lipinski definition) is 7. The van der Waals surface area contributed by atoms with Crippen LogP contribution in [0, 0.1) is 23.2 Å². The summed E-state index contributed by atoms with van der Waals surface area (Å²) in [6.07, 6.45) is -0.527. The van der Waals surface area contributed by atoms with Gasteiger partial charge in [-0.05, 0) is 58.7 Å². The van der Waals surface area contributed by atoms with Crippen LogP contribution in [0.3, 0.4) is 0 Å². The fraction of sp³-hybridized carbons (Fsp3) is 0.364. The van der Waals surface area contributed by atoms with Crippen LogP contribution >= 0.6 is 6.89 Å². The third kappa shape index (κ3) is 7.58. The summed E-state index contributed by atoms with van der Waals surface area (Å²) in [4.78, 5) is 32.3. The van der Waals surface area contributed by atoms with Gasteiger partial charge < -0.3 is 23.5 Å². The number of carbonyl (C=O) groups is 2. The second kappa shape index (κ2) is 16.1. The molecule has 0 saturated carbocycles. The predicted octanol–water partition coefficient (Wildman–Crippen LogP) is 7.03. The number of likely N-dealkylation sites (tertiary alicyclic amines) is 1. The number of ether oxygens (including phenoxy) is 3. The second-order valence-corrected chi connectivity index (χ2v) is 23.7. The summed E-state index contributed by atoms with van der Waals surface area (Å²) in [6, 6.07) is 39.2. The van der Waals surface area contributed by atoms with Crippen LogP contribution in [-0.2, 0) is 30.1 Å². The van der Waals surface area contributed by atoms with Gasteiger partial charge in [0.2, 0.25) is 5.91 Å². The molecule has 4 aromatic rings. The Morgan fingerprint density at radius 3 is 1.83 bits per heavy atom. The lowest BCUT2D eigenvalue weighted by Gasteiger charge is -2.55. The van der Waals surface area contributed by atoms with Crippen molar-refractivity contribution < 1.29 is 28.2 Å². The summed E-state index contributed by atoms with van der Waals surface area (Å²) in [6.45, 7) is 10.2. The molecule has 2 aliphatic rings. The Labute approximate surface area is 321 Å². The number of rotatable bonds is 14. The zero-order valence-electron chi connectivity index (χ0n) is 32.3. The van der Waals surface area contributed by atoms with Gasteiger partial charge in [-0.3, -0.25) is 4.79 Å². The van der Waals surface area contributed by atoms with Gasteiger partial charge in [0, 0.05) is 19.2 Å². The number of esters is 1. The number of amides is 1. The van der Waals surface area contributed by atoms with Gasteiger partial charge in [0.1, 0.15) is 17.8 Å². The van der Waals surface area contributed by atoms with Crippen LogP contribution in [0.2, 0.25) is 18.1 Å². The van der Waals surface area contributed by atoms with Gasteiger partial charge in [-0.15, -0.1) is 0 Å². The Bertz CT molecular complexity index is 1920. The molecule has 5 atom stereocenters. The highest BCUT2D eigenvalue weighted by Gasteiger charge is 2.61. The molecule has 0 aliphatic carbocycles. The number of carbonyl (C=O) groups excluding carboxylic acids is 2. The van der Waals surface area contributed by atoms with E-state index in [4.69, 9.17) is 18.6 Å². The molecule has 0 radical (unpaired) electrons. The highest BCUT2D eigenvalue weighted by Crippen LogP contribution is 2.52. The van der Waals surface area contributed by atoms with Crippen LogP contribution < -0.4 is 20.7 Å². The largest absolute Gasteiger partial charge is 0.497 e. The number of nitrogens with zero attached hydrogens (tertiary/aromatic N) is 2. The van der Waals surface area contributed by atoms with E-state index in [-0.39, 0.29) is 41.4 Å². The molecule has 2 saturated heterocycles. The van der Waals surface area contributed by atoms with E-state index >= 15 is 9.59 Å². The van der Waals surface area contributed by atoms with Crippen molar-refractivity contribution in [3.05, 3.63) is 121 Å². The van der Waals surface area contributed by atoms with Crippen molar-refractivity contribution in [3.8, 4) is 11.8 Å². The first-order valence-corrected chi connectivity index (χ1v) is 23.3. The molecular weight excluding hydrogens is 712 g/mol. The second-order valence-electron chi connectivity index (χ2n) is 15.6. The van der Waals surface area contributed by atoms with Crippen LogP contribution in [0.15, 0.2) is 115 Å². The van der Waals surface area contributed by atoms with E-state index in [0.717, 1.165) is 21.5 Å². The Kier molecular flexibility index (Phi) is 11.7. The van der Waals surface area contributed by atoms with Crippen molar-refractivity contribution in [2.45, 2.75) is 77.1 Å². The summed E-state index contributed by atoms with van der Waals surface area (Å²) in [5.41, 5.74) is 1.06. The quantitative estimate of drug-likeness (QED) is 0.0447. The van der Waals surface area contributed by atoms with E-state index in [1.165, 1.54) is 0 Å². The van der Waals surface area contributed by atoms with Gasteiger partial charge in [-0.2, -0.15) is 5.26 Å². The van der Waals surface area contributed by atoms with Crippen molar-refractivity contribution in [1.29, 1.82) is 5.26 Å². The normalized spacial score (nSPS) is 19.6. The molecule has 0 aromatic heterocycles. The van der Waals surface area contributed by atoms with E-state index in [2.05, 4.69) is 39.9 Å². The van der Waals surface area contributed by atoms with E-state index in [1.54, 1.807) is 12.0 Å². The van der Waals surface area contributed by atoms with E-state index in [1.807, 2.05) is 122 Å². The lowest BCUT2D eigenvalue weighted by molar-refractivity contribution is -0.161. The van der Waals surface area contributed by atoms with Crippen molar-refractivity contribution in [2.24, 2.45) is 11.8 Å². The Morgan fingerprint density at radius 2 is 1.41 bits per heavy atom. The van der Waals surface area contributed by atoms with E-state index in [9.17, 15) is 5.26 Å². The summed E-state index contributed by atoms with van der Waals surface area (Å²) >= 11 is 0. The standard InChI is InChI=1S/C44H51N2O6PSi/c1-31(52-54(6,7)44(2,3)4)39-40(37(27-28-45)38-30-50-38)46(41(39)47)42(43(48)51-29-32-23-25-33(49-5)26-24-32)53(34-17-11-8-12-18-34,35-19-13-9-14-20-35)36-21-15-10-16-22-36/h8-26,31,37-40H,27,29-30H2,1-7H3/t31-,37-,38-,39-,40-/m1/s1. The predicted molar refractivity (Wildman–Crippen MR) is 218 cm³/mol. The molecule has 0 bridgehead atoms. The molecule has 2 fully saturated rings. The fourth-order valence-electron chi connectivity index (χ4n) is 7.41. The van der Waals surface area contributed by atoms with Crippen LogP contribution in [0.4, 0.5) is 0 Å². The molecule has 2 heterocycles. The SMILES string of the molecule is COc1ccc(COC(=O)C(N2C(=O)[C@H]([C@@H](C)O[Si](C)(C)C(C)(C)C)[C@H]2[C@H](CC#N)[C@H]2CO2)=P(c2ccccc2)(c2ccccc2)c2ccccc2)cc1. The molecule has 10 heteroatoms. The van der Waals surface area contributed by atoms with Gasteiger partial charge in [0.25, 0.3) is 0 Å². The first kappa shape index (κ1) is 39.2. The molecule has 8 nitrogen and oxygen atoms in total. The van der Waals surface area contributed by atoms with Gasteiger partial charge in [0.05, 0.1) is 44.0 Å². The third-order valence-corrected chi connectivity index (χ3v) is 20.1. The number of epoxide rings is 1. The number of methoxy groups -OCH3 is 1. The lowest BCUT2D eigenvalue weighted by atomic mass is 9.73.